The number of aromatic nitrogens is 1. The van der Waals surface area contributed by atoms with Gasteiger partial charge in [-0.05, 0) is 55.9 Å². The average molecular weight is 396 g/mol. The number of nitrogens with zero attached hydrogens (tertiary/aromatic N) is 3. The second-order valence-electron chi connectivity index (χ2n) is 9.02. The van der Waals surface area contributed by atoms with Gasteiger partial charge in [0.2, 0.25) is 0 Å². The smallest absolute Gasteiger partial charge is 0.261 e. The lowest BCUT2D eigenvalue weighted by atomic mass is 9.95. The molecule has 3 rings (SSSR count). The number of rotatable bonds is 5. The molecule has 29 heavy (non-hydrogen) atoms. The van der Waals surface area contributed by atoms with Crippen LogP contribution >= 0.6 is 0 Å². The van der Waals surface area contributed by atoms with Crippen molar-refractivity contribution in [3.63, 3.8) is 0 Å². The molecule has 1 aliphatic heterocycles. The van der Waals surface area contributed by atoms with Crippen molar-refractivity contribution >= 4 is 17.4 Å². The van der Waals surface area contributed by atoms with E-state index >= 15 is 0 Å². The summed E-state index contributed by atoms with van der Waals surface area (Å²) in [4.78, 5) is 22.6. The van der Waals surface area contributed by atoms with Crippen LogP contribution in [-0.2, 0) is 0 Å². The van der Waals surface area contributed by atoms with Gasteiger partial charge >= 0.3 is 0 Å². The molecule has 1 aliphatic rings. The first-order chi connectivity index (χ1) is 13.8. The maximum Gasteiger partial charge on any atom is 0.261 e. The van der Waals surface area contributed by atoms with E-state index in [2.05, 4.69) is 30.7 Å². The Morgan fingerprint density at radius 1 is 1.14 bits per heavy atom. The number of piperidine rings is 1. The third-order valence-electron chi connectivity index (χ3n) is 5.16. The molecule has 0 aliphatic carbocycles. The van der Waals surface area contributed by atoms with E-state index in [-0.39, 0.29) is 11.3 Å². The molecular formula is C24H33N3O2. The summed E-state index contributed by atoms with van der Waals surface area (Å²) in [6, 6.07) is 11.6. The Labute approximate surface area is 174 Å². The molecular weight excluding hydrogens is 362 g/mol. The van der Waals surface area contributed by atoms with Crippen molar-refractivity contribution in [2.24, 2.45) is 5.41 Å². The van der Waals surface area contributed by atoms with E-state index in [9.17, 15) is 4.79 Å². The monoisotopic (exact) mass is 395 g/mol. The van der Waals surface area contributed by atoms with Gasteiger partial charge in [0.05, 0.1) is 18.4 Å². The van der Waals surface area contributed by atoms with Gasteiger partial charge in [-0.15, -0.1) is 0 Å². The van der Waals surface area contributed by atoms with Crippen LogP contribution in [0.4, 0.5) is 11.5 Å². The minimum absolute atomic E-state index is 0.0127. The molecule has 0 unspecified atom stereocenters. The molecule has 0 radical (unpaired) electrons. The number of pyridine rings is 1. The third-order valence-corrected chi connectivity index (χ3v) is 5.16. The van der Waals surface area contributed by atoms with E-state index < -0.39 is 0 Å². The van der Waals surface area contributed by atoms with E-state index in [4.69, 9.17) is 4.74 Å². The van der Waals surface area contributed by atoms with Gasteiger partial charge in [-0.3, -0.25) is 9.69 Å². The van der Waals surface area contributed by atoms with Crippen molar-refractivity contribution in [3.8, 4) is 5.75 Å². The fourth-order valence-electron chi connectivity index (χ4n) is 3.77. The van der Waals surface area contributed by atoms with Crippen LogP contribution in [0, 0.1) is 12.3 Å². The molecule has 0 spiro atoms. The largest absolute Gasteiger partial charge is 0.497 e. The Morgan fingerprint density at radius 2 is 1.86 bits per heavy atom. The highest BCUT2D eigenvalue weighted by atomic mass is 16.5. The zero-order chi connectivity index (χ0) is 21.0. The molecule has 2 heterocycles. The molecule has 156 valence electrons. The quantitative estimate of drug-likeness (QED) is 0.708. The lowest BCUT2D eigenvalue weighted by molar-refractivity contribution is 0.0977. The van der Waals surface area contributed by atoms with Crippen molar-refractivity contribution in [3.05, 3.63) is 47.7 Å². The van der Waals surface area contributed by atoms with Gasteiger partial charge in [-0.2, -0.15) is 0 Å². The van der Waals surface area contributed by atoms with E-state index in [1.165, 1.54) is 6.42 Å². The predicted octanol–water partition coefficient (Wildman–Crippen LogP) is 5.08. The Kier molecular flexibility index (Phi) is 6.46. The summed E-state index contributed by atoms with van der Waals surface area (Å²) in [6.45, 7) is 10.9. The number of benzene rings is 1. The first kappa shape index (κ1) is 21.2. The molecule has 1 aromatic carbocycles. The third kappa shape index (κ3) is 5.28. The molecule has 0 N–H and O–H groups in total. The fourth-order valence-corrected chi connectivity index (χ4v) is 3.77. The van der Waals surface area contributed by atoms with Crippen LogP contribution in [0.25, 0.3) is 0 Å². The highest BCUT2D eigenvalue weighted by Crippen LogP contribution is 2.31. The minimum Gasteiger partial charge on any atom is -0.497 e. The van der Waals surface area contributed by atoms with Gasteiger partial charge in [-0.25, -0.2) is 4.98 Å². The summed E-state index contributed by atoms with van der Waals surface area (Å²) in [5.74, 6) is 1.46. The number of anilines is 2. The fraction of sp³-hybridized carbons (Fsp3) is 0.500. The normalized spacial score (nSPS) is 14.6. The number of aryl methyl sites for hydroxylation is 1. The number of amides is 1. The van der Waals surface area contributed by atoms with E-state index in [0.29, 0.717) is 17.9 Å². The molecule has 2 aromatic rings. The maximum atomic E-state index is 13.8. The Balaban J connectivity index is 2.04. The van der Waals surface area contributed by atoms with Crippen LogP contribution in [0.15, 0.2) is 36.4 Å². The predicted molar refractivity (Wildman–Crippen MR) is 119 cm³/mol. The van der Waals surface area contributed by atoms with Gasteiger partial charge in [0.1, 0.15) is 11.6 Å². The number of methoxy groups -OCH3 is 1. The van der Waals surface area contributed by atoms with Crippen molar-refractivity contribution in [2.45, 2.75) is 47.0 Å². The molecule has 0 bridgehead atoms. The lowest BCUT2D eigenvalue weighted by Gasteiger charge is -2.33. The number of ether oxygens (including phenoxy) is 1. The summed E-state index contributed by atoms with van der Waals surface area (Å²) in [7, 11) is 1.67. The van der Waals surface area contributed by atoms with E-state index in [0.717, 1.165) is 43.1 Å². The van der Waals surface area contributed by atoms with Gasteiger partial charge in [0.25, 0.3) is 5.91 Å². The summed E-state index contributed by atoms with van der Waals surface area (Å²) in [6.07, 6.45) is 3.54. The number of hydrogen-bond acceptors (Lipinski definition) is 4. The SMILES string of the molecule is COc1ccc(C(=O)N(CC(C)(C)C)c2cccc(C)n2)c(N2CCCCC2)c1. The van der Waals surface area contributed by atoms with Gasteiger partial charge in [0, 0.05) is 31.4 Å². The summed E-state index contributed by atoms with van der Waals surface area (Å²) in [5, 5.41) is 0. The van der Waals surface area contributed by atoms with Crippen molar-refractivity contribution < 1.29 is 9.53 Å². The standard InChI is InChI=1S/C24H33N3O2/c1-18-10-9-11-22(25-18)27(17-24(2,3)4)23(28)20-13-12-19(29-5)16-21(20)26-14-7-6-8-15-26/h9-13,16H,6-8,14-15,17H2,1-5H3. The second-order valence-corrected chi connectivity index (χ2v) is 9.02. The molecule has 1 fully saturated rings. The van der Waals surface area contributed by atoms with Crippen molar-refractivity contribution in [2.75, 3.05) is 36.5 Å². The van der Waals surface area contributed by atoms with Gasteiger partial charge in [-0.1, -0.05) is 26.8 Å². The molecule has 1 amide bonds. The van der Waals surface area contributed by atoms with Crippen molar-refractivity contribution in [1.82, 2.24) is 4.98 Å². The number of carbonyl (C=O) groups excluding carboxylic acids is 1. The average Bonchev–Trinajstić information content (AvgIpc) is 2.71. The topological polar surface area (TPSA) is 45.7 Å². The maximum absolute atomic E-state index is 13.8. The van der Waals surface area contributed by atoms with Crippen LogP contribution < -0.4 is 14.5 Å². The molecule has 1 saturated heterocycles. The van der Waals surface area contributed by atoms with Crippen LogP contribution in [-0.4, -0.2) is 37.6 Å². The minimum atomic E-state index is -0.0567. The van der Waals surface area contributed by atoms with Crippen LogP contribution in [0.5, 0.6) is 5.75 Å². The molecule has 1 aromatic heterocycles. The molecule has 0 atom stereocenters. The zero-order valence-corrected chi connectivity index (χ0v) is 18.4. The molecule has 5 nitrogen and oxygen atoms in total. The summed E-state index contributed by atoms with van der Waals surface area (Å²) < 4.78 is 5.46. The molecule has 0 saturated carbocycles. The van der Waals surface area contributed by atoms with E-state index in [1.807, 2.05) is 48.2 Å². The highest BCUT2D eigenvalue weighted by molar-refractivity contribution is 6.09. The number of hydrogen-bond donors (Lipinski definition) is 0. The first-order valence-electron chi connectivity index (χ1n) is 10.5. The second kappa shape index (κ2) is 8.85. The van der Waals surface area contributed by atoms with Gasteiger partial charge < -0.3 is 9.64 Å². The first-order valence-corrected chi connectivity index (χ1v) is 10.5. The van der Waals surface area contributed by atoms with Gasteiger partial charge in [0.15, 0.2) is 0 Å². The summed E-state index contributed by atoms with van der Waals surface area (Å²) >= 11 is 0. The van der Waals surface area contributed by atoms with Crippen LogP contribution in [0.1, 0.15) is 56.1 Å². The highest BCUT2D eigenvalue weighted by Gasteiger charge is 2.28. The molecule has 5 heteroatoms. The van der Waals surface area contributed by atoms with Crippen molar-refractivity contribution in [1.29, 1.82) is 0 Å². The van der Waals surface area contributed by atoms with Crippen LogP contribution in [0.3, 0.4) is 0 Å². The number of carbonyl (C=O) groups is 1. The Hall–Kier alpha value is -2.56. The Morgan fingerprint density at radius 3 is 2.48 bits per heavy atom. The summed E-state index contributed by atoms with van der Waals surface area (Å²) in [5.41, 5.74) is 2.51. The zero-order valence-electron chi connectivity index (χ0n) is 18.4. The Bertz CT molecular complexity index is 851. The van der Waals surface area contributed by atoms with Crippen LogP contribution in [0.2, 0.25) is 0 Å². The lowest BCUT2D eigenvalue weighted by Crippen LogP contribution is -2.40. The van der Waals surface area contributed by atoms with E-state index in [1.54, 1.807) is 7.11 Å².